The third-order valence-electron chi connectivity index (χ3n) is 3.64. The maximum atomic E-state index is 14.2. The number of hydrogen-bond donors (Lipinski definition) is 0. The molecule has 1 aromatic carbocycles. The Morgan fingerprint density at radius 3 is 1.62 bits per heavy atom. The van der Waals surface area contributed by atoms with E-state index in [2.05, 4.69) is 9.84 Å². The Bertz CT molecular complexity index is 1030. The number of alkyl halides is 9. The van der Waals surface area contributed by atoms with Crippen LogP contribution in [0.1, 0.15) is 34.2 Å². The molecule has 32 heavy (non-hydrogen) atoms. The number of hydrogen-bond acceptors (Lipinski definition) is 3. The molecule has 0 radical (unpaired) electrons. The summed E-state index contributed by atoms with van der Waals surface area (Å²) >= 11 is 0. The van der Waals surface area contributed by atoms with Crippen molar-refractivity contribution < 1.29 is 66.6 Å². The SMILES string of the molecule is CCOC(=O)c1c(C(F)(F)F)nn(-c2c(F)c(F)c(C(F)(F)F)c(F)c2F)c1C(F)(F)F. The van der Waals surface area contributed by atoms with Crippen molar-refractivity contribution in [2.45, 2.75) is 25.5 Å². The average Bonchev–Trinajstić information content (AvgIpc) is 3.00. The van der Waals surface area contributed by atoms with Crippen LogP contribution < -0.4 is 0 Å². The van der Waals surface area contributed by atoms with E-state index in [1.807, 2.05) is 0 Å². The molecule has 0 unspecified atom stereocenters. The van der Waals surface area contributed by atoms with Gasteiger partial charge in [-0.2, -0.15) is 44.6 Å². The highest BCUT2D eigenvalue weighted by atomic mass is 19.4. The molecule has 178 valence electrons. The van der Waals surface area contributed by atoms with Crippen molar-refractivity contribution in [1.29, 1.82) is 0 Å². The van der Waals surface area contributed by atoms with E-state index in [-0.39, 0.29) is 0 Å². The van der Waals surface area contributed by atoms with Gasteiger partial charge in [0.05, 0.1) is 6.61 Å². The molecule has 2 rings (SSSR count). The van der Waals surface area contributed by atoms with Crippen LogP contribution in [0.5, 0.6) is 0 Å². The zero-order valence-corrected chi connectivity index (χ0v) is 14.8. The minimum Gasteiger partial charge on any atom is -0.462 e. The molecule has 0 bridgehead atoms. The molecule has 1 heterocycles. The summed E-state index contributed by atoms with van der Waals surface area (Å²) in [5, 5.41) is 2.19. The highest BCUT2D eigenvalue weighted by Crippen LogP contribution is 2.43. The van der Waals surface area contributed by atoms with Crippen LogP contribution in [-0.2, 0) is 23.3 Å². The van der Waals surface area contributed by atoms with Crippen LogP contribution in [0.3, 0.4) is 0 Å². The van der Waals surface area contributed by atoms with E-state index in [9.17, 15) is 61.9 Å². The number of aromatic nitrogens is 2. The molecule has 0 spiro atoms. The number of esters is 1. The fourth-order valence-electron chi connectivity index (χ4n) is 2.49. The Balaban J connectivity index is 3.11. The number of benzene rings is 1. The molecule has 0 atom stereocenters. The Kier molecular flexibility index (Phi) is 6.19. The predicted octanol–water partition coefficient (Wildman–Crippen LogP) is 5.66. The average molecular weight is 492 g/mol. The van der Waals surface area contributed by atoms with Gasteiger partial charge in [0.15, 0.2) is 34.7 Å². The highest BCUT2D eigenvalue weighted by Gasteiger charge is 2.51. The van der Waals surface area contributed by atoms with Gasteiger partial charge < -0.3 is 4.74 Å². The molecule has 4 nitrogen and oxygen atoms in total. The van der Waals surface area contributed by atoms with Gasteiger partial charge >= 0.3 is 24.5 Å². The van der Waals surface area contributed by atoms with Crippen molar-refractivity contribution in [1.82, 2.24) is 9.78 Å². The molecule has 0 saturated carbocycles. The number of nitrogens with zero attached hydrogens (tertiary/aromatic N) is 2. The number of rotatable bonds is 3. The summed E-state index contributed by atoms with van der Waals surface area (Å²) in [6, 6.07) is 0. The number of carbonyl (C=O) groups is 1. The van der Waals surface area contributed by atoms with Crippen molar-refractivity contribution in [3.63, 3.8) is 0 Å². The normalized spacial score (nSPS) is 12.9. The first-order valence-electron chi connectivity index (χ1n) is 7.73. The molecule has 1 aromatic heterocycles. The number of halogens is 13. The Hall–Kier alpha value is -3.01. The zero-order chi connectivity index (χ0) is 25.0. The van der Waals surface area contributed by atoms with Gasteiger partial charge in [-0.25, -0.2) is 27.0 Å². The van der Waals surface area contributed by atoms with E-state index in [1.165, 1.54) is 0 Å². The molecular formula is C15H5F13N2O2. The second kappa shape index (κ2) is 7.84. The quantitative estimate of drug-likeness (QED) is 0.316. The van der Waals surface area contributed by atoms with Crippen LogP contribution in [0.2, 0.25) is 0 Å². The molecule has 2 aromatic rings. The standard InChI is InChI=1S/C15H5F13N2O2/c1-2-32-12(31)3-10(14(23,24)25)29-30(11(3)15(26,27)28)9-7(18)5(16)4(13(20,21)22)6(17)8(9)19/h2H2,1H3. The van der Waals surface area contributed by atoms with E-state index in [1.54, 1.807) is 0 Å². The Morgan fingerprint density at radius 2 is 1.28 bits per heavy atom. The maximum Gasteiger partial charge on any atom is 0.436 e. The van der Waals surface area contributed by atoms with Crippen LogP contribution >= 0.6 is 0 Å². The summed E-state index contributed by atoms with van der Waals surface area (Å²) in [6.45, 7) is 0.174. The molecule has 0 amide bonds. The minimum absolute atomic E-state index is 0.787. The van der Waals surface area contributed by atoms with Crippen molar-refractivity contribution in [2.75, 3.05) is 6.61 Å². The van der Waals surface area contributed by atoms with Gasteiger partial charge in [0.25, 0.3) is 0 Å². The lowest BCUT2D eigenvalue weighted by Gasteiger charge is -2.16. The number of carbonyl (C=O) groups excluding carboxylic acids is 1. The van der Waals surface area contributed by atoms with Crippen molar-refractivity contribution in [3.05, 3.63) is 45.8 Å². The molecule has 0 aliphatic rings. The largest absolute Gasteiger partial charge is 0.462 e. The van der Waals surface area contributed by atoms with Crippen LogP contribution in [0.4, 0.5) is 57.1 Å². The van der Waals surface area contributed by atoms with Gasteiger partial charge in [-0.3, -0.25) is 0 Å². The molecule has 17 heteroatoms. The third kappa shape index (κ3) is 4.19. The van der Waals surface area contributed by atoms with Gasteiger partial charge in [0.2, 0.25) is 0 Å². The molecule has 0 aliphatic heterocycles. The van der Waals surface area contributed by atoms with Crippen LogP contribution in [0.25, 0.3) is 5.69 Å². The summed E-state index contributed by atoms with van der Waals surface area (Å²) in [5.41, 5.74) is -14.0. The summed E-state index contributed by atoms with van der Waals surface area (Å²) in [7, 11) is 0. The molecule has 0 saturated heterocycles. The second-order valence-electron chi connectivity index (χ2n) is 5.68. The van der Waals surface area contributed by atoms with Crippen LogP contribution in [-0.4, -0.2) is 22.4 Å². The predicted molar refractivity (Wildman–Crippen MR) is 74.4 cm³/mol. The zero-order valence-electron chi connectivity index (χ0n) is 14.8. The first-order valence-corrected chi connectivity index (χ1v) is 7.73. The van der Waals surface area contributed by atoms with E-state index in [4.69, 9.17) is 0 Å². The van der Waals surface area contributed by atoms with Crippen molar-refractivity contribution in [3.8, 4) is 5.69 Å². The van der Waals surface area contributed by atoms with E-state index in [0.29, 0.717) is 0 Å². The molecular weight excluding hydrogens is 487 g/mol. The van der Waals surface area contributed by atoms with E-state index < -0.39 is 87.3 Å². The fourth-order valence-corrected chi connectivity index (χ4v) is 2.49. The summed E-state index contributed by atoms with van der Waals surface area (Å²) in [5.74, 6) is -15.2. The van der Waals surface area contributed by atoms with Crippen molar-refractivity contribution >= 4 is 5.97 Å². The first-order chi connectivity index (χ1) is 14.4. The maximum absolute atomic E-state index is 14.2. The number of ether oxygens (including phenoxy) is 1. The summed E-state index contributed by atoms with van der Waals surface area (Å²) in [6.07, 6.45) is -18.1. The lowest BCUT2D eigenvalue weighted by atomic mass is 10.1. The van der Waals surface area contributed by atoms with E-state index in [0.717, 1.165) is 6.92 Å². The summed E-state index contributed by atoms with van der Waals surface area (Å²) < 4.78 is 177. The second-order valence-corrected chi connectivity index (χ2v) is 5.68. The van der Waals surface area contributed by atoms with Gasteiger partial charge in [-0.1, -0.05) is 0 Å². The van der Waals surface area contributed by atoms with Gasteiger partial charge in [-0.15, -0.1) is 0 Å². The summed E-state index contributed by atoms with van der Waals surface area (Å²) in [4.78, 5) is 11.8. The minimum atomic E-state index is -6.10. The first kappa shape index (κ1) is 25.3. The smallest absolute Gasteiger partial charge is 0.436 e. The Labute approximate surface area is 167 Å². The van der Waals surface area contributed by atoms with Gasteiger partial charge in [-0.05, 0) is 6.92 Å². The van der Waals surface area contributed by atoms with E-state index >= 15 is 0 Å². The van der Waals surface area contributed by atoms with Gasteiger partial charge in [0.1, 0.15) is 16.8 Å². The topological polar surface area (TPSA) is 44.1 Å². The monoisotopic (exact) mass is 492 g/mol. The molecule has 0 N–H and O–H groups in total. The van der Waals surface area contributed by atoms with Gasteiger partial charge in [0, 0.05) is 0 Å². The Morgan fingerprint density at radius 1 is 0.812 bits per heavy atom. The fraction of sp³-hybridized carbons (Fsp3) is 0.333. The lowest BCUT2D eigenvalue weighted by Crippen LogP contribution is -2.23. The molecule has 0 aliphatic carbocycles. The lowest BCUT2D eigenvalue weighted by molar-refractivity contribution is -0.145. The van der Waals surface area contributed by atoms with Crippen LogP contribution in [0.15, 0.2) is 0 Å². The highest BCUT2D eigenvalue weighted by molar-refractivity contribution is 5.92. The van der Waals surface area contributed by atoms with Crippen molar-refractivity contribution in [2.24, 2.45) is 0 Å². The molecule has 0 fully saturated rings. The van der Waals surface area contributed by atoms with Crippen LogP contribution in [0, 0.1) is 23.3 Å². The third-order valence-corrected chi connectivity index (χ3v) is 3.64.